The maximum atomic E-state index is 11.5. The van der Waals surface area contributed by atoms with Crippen molar-refractivity contribution in [2.24, 2.45) is 0 Å². The molecule has 0 unspecified atom stereocenters. The Bertz CT molecular complexity index is 279. The van der Waals surface area contributed by atoms with Crippen LogP contribution in [0.25, 0.3) is 0 Å². The summed E-state index contributed by atoms with van der Waals surface area (Å²) in [6.45, 7) is 0. The largest absolute Gasteiger partial charge is 0.857 e. The van der Waals surface area contributed by atoms with Gasteiger partial charge in [0.15, 0.2) is 0 Å². The fourth-order valence-electron chi connectivity index (χ4n) is 0.777. The molecule has 0 aromatic rings. The number of carbonyl (C=O) groups excluding carboxylic acids is 1. The van der Waals surface area contributed by atoms with E-state index >= 15 is 0 Å². The van der Waals surface area contributed by atoms with Crippen LogP contribution in [0.4, 0.5) is 0 Å². The fraction of sp³-hybridized carbons (Fsp3) is 0.571. The molecule has 5 nitrogen and oxygen atoms in total. The van der Waals surface area contributed by atoms with Gasteiger partial charge in [0.25, 0.3) is 5.91 Å². The van der Waals surface area contributed by atoms with Crippen LogP contribution in [0.5, 0.6) is 0 Å². The second kappa shape index (κ2) is 4.27. The van der Waals surface area contributed by atoms with Crippen LogP contribution >= 0.6 is 0 Å². The summed E-state index contributed by atoms with van der Waals surface area (Å²) in [5.41, 5.74) is 0. The normalized spacial score (nSPS) is 13.2. The SMILES string of the molecule is CNC(=O)/C(=C(\[O-])NC)[S+](C)(C)=O. The van der Waals surface area contributed by atoms with Crippen LogP contribution in [0, 0.1) is 0 Å². The highest BCUT2D eigenvalue weighted by molar-refractivity contribution is 8.06. The molecule has 0 aliphatic heterocycles. The fourth-order valence-corrected chi connectivity index (χ4v) is 1.87. The summed E-state index contributed by atoms with van der Waals surface area (Å²) in [6, 6.07) is 0. The molecule has 6 heteroatoms. The quantitative estimate of drug-likeness (QED) is 0.326. The lowest BCUT2D eigenvalue weighted by atomic mass is 10.5. The van der Waals surface area contributed by atoms with Gasteiger partial charge in [0, 0.05) is 20.0 Å². The lowest BCUT2D eigenvalue weighted by Crippen LogP contribution is -2.34. The molecule has 0 spiro atoms. The molecule has 0 aromatic heterocycles. The molecule has 0 rings (SSSR count). The highest BCUT2D eigenvalue weighted by Gasteiger charge is 2.29. The number of likely N-dealkylation sites (N-methyl/N-ethyl adjacent to an activating group) is 1. The Kier molecular flexibility index (Phi) is 3.93. The van der Waals surface area contributed by atoms with Crippen LogP contribution in [-0.2, 0) is 18.9 Å². The van der Waals surface area contributed by atoms with Crippen LogP contribution in [0.3, 0.4) is 0 Å². The van der Waals surface area contributed by atoms with Crippen molar-refractivity contribution in [2.75, 3.05) is 26.6 Å². The molecule has 0 aliphatic carbocycles. The van der Waals surface area contributed by atoms with Crippen molar-refractivity contribution in [3.05, 3.63) is 10.8 Å². The zero-order chi connectivity index (χ0) is 10.6. The maximum absolute atomic E-state index is 11.5. The second-order valence-corrected chi connectivity index (χ2v) is 5.60. The average Bonchev–Trinajstić information content (AvgIpc) is 2.01. The van der Waals surface area contributed by atoms with E-state index in [4.69, 9.17) is 0 Å². The Morgan fingerprint density at radius 2 is 1.69 bits per heavy atom. The lowest BCUT2D eigenvalue weighted by molar-refractivity contribution is -0.311. The first-order valence-electron chi connectivity index (χ1n) is 3.60. The third-order valence-electron chi connectivity index (χ3n) is 1.36. The summed E-state index contributed by atoms with van der Waals surface area (Å²) in [4.78, 5) is 10.9. The van der Waals surface area contributed by atoms with Gasteiger partial charge in [-0.05, 0) is 0 Å². The van der Waals surface area contributed by atoms with Crippen LogP contribution in [0.1, 0.15) is 0 Å². The zero-order valence-electron chi connectivity index (χ0n) is 8.13. The first kappa shape index (κ1) is 12.0. The summed E-state index contributed by atoms with van der Waals surface area (Å²) in [5, 5.41) is 15.7. The molecule has 0 fully saturated rings. The molecule has 0 saturated carbocycles. The van der Waals surface area contributed by atoms with Gasteiger partial charge >= 0.3 is 0 Å². The minimum Gasteiger partial charge on any atom is -0.857 e. The first-order valence-corrected chi connectivity index (χ1v) is 5.97. The van der Waals surface area contributed by atoms with Crippen molar-refractivity contribution >= 4 is 15.8 Å². The highest BCUT2D eigenvalue weighted by Crippen LogP contribution is 2.12. The summed E-state index contributed by atoms with van der Waals surface area (Å²) in [5.74, 6) is -1.20. The van der Waals surface area contributed by atoms with E-state index in [9.17, 15) is 14.1 Å². The van der Waals surface area contributed by atoms with E-state index in [0.717, 1.165) is 0 Å². The maximum Gasteiger partial charge on any atom is 0.299 e. The number of rotatable bonds is 3. The van der Waals surface area contributed by atoms with Crippen LogP contribution < -0.4 is 15.7 Å². The van der Waals surface area contributed by atoms with Crippen molar-refractivity contribution in [2.45, 2.75) is 0 Å². The topological polar surface area (TPSA) is 81.3 Å². The van der Waals surface area contributed by atoms with Gasteiger partial charge in [-0.15, -0.1) is 4.21 Å². The molecule has 0 bridgehead atoms. The van der Waals surface area contributed by atoms with E-state index in [1.54, 1.807) is 0 Å². The molecule has 76 valence electrons. The summed E-state index contributed by atoms with van der Waals surface area (Å²) < 4.78 is 11.5. The molecule has 0 atom stereocenters. The highest BCUT2D eigenvalue weighted by atomic mass is 32.2. The molecule has 13 heavy (non-hydrogen) atoms. The van der Waals surface area contributed by atoms with Gasteiger partial charge in [-0.1, -0.05) is 0 Å². The van der Waals surface area contributed by atoms with E-state index < -0.39 is 21.7 Å². The van der Waals surface area contributed by atoms with Gasteiger partial charge in [0.1, 0.15) is 22.4 Å². The van der Waals surface area contributed by atoms with Gasteiger partial charge in [-0.2, -0.15) is 0 Å². The van der Waals surface area contributed by atoms with Gasteiger partial charge < -0.3 is 15.7 Å². The van der Waals surface area contributed by atoms with E-state index in [1.807, 2.05) is 0 Å². The standard InChI is InChI=1S/C7H14N2O3S/c1-8-6(10)5(7(11)9-2)13(3,4)12/h1-4H3,(H2-,8,9,10,11,12). The number of nitrogens with one attached hydrogen (secondary N) is 2. The lowest BCUT2D eigenvalue weighted by Gasteiger charge is -2.15. The van der Waals surface area contributed by atoms with Crippen molar-refractivity contribution < 1.29 is 14.1 Å². The first-order chi connectivity index (χ1) is 5.84. The third kappa shape index (κ3) is 3.06. The van der Waals surface area contributed by atoms with E-state index in [-0.39, 0.29) is 4.91 Å². The smallest absolute Gasteiger partial charge is 0.299 e. The van der Waals surface area contributed by atoms with Crippen molar-refractivity contribution in [3.8, 4) is 0 Å². The van der Waals surface area contributed by atoms with Gasteiger partial charge in [0.2, 0.25) is 4.91 Å². The van der Waals surface area contributed by atoms with Crippen LogP contribution in [0.2, 0.25) is 0 Å². The van der Waals surface area contributed by atoms with Crippen molar-refractivity contribution in [3.63, 3.8) is 0 Å². The van der Waals surface area contributed by atoms with Gasteiger partial charge in [-0.3, -0.25) is 4.79 Å². The van der Waals surface area contributed by atoms with Crippen LogP contribution in [-0.4, -0.2) is 32.5 Å². The Labute approximate surface area is 78.6 Å². The van der Waals surface area contributed by atoms with Crippen molar-refractivity contribution in [1.82, 2.24) is 10.6 Å². The molecule has 0 aliphatic rings. The molecule has 2 N–H and O–H groups in total. The predicted octanol–water partition coefficient (Wildman–Crippen LogP) is -1.76. The molecular formula is C7H14N2O3S. The van der Waals surface area contributed by atoms with E-state index in [0.29, 0.717) is 0 Å². The zero-order valence-corrected chi connectivity index (χ0v) is 8.95. The van der Waals surface area contributed by atoms with E-state index in [1.165, 1.54) is 26.6 Å². The average molecular weight is 206 g/mol. The summed E-state index contributed by atoms with van der Waals surface area (Å²) >= 11 is 0. The van der Waals surface area contributed by atoms with Gasteiger partial charge in [0.05, 0.1) is 0 Å². The van der Waals surface area contributed by atoms with Crippen LogP contribution in [0.15, 0.2) is 10.8 Å². The molecule has 0 saturated heterocycles. The number of amides is 1. The molecule has 0 radical (unpaired) electrons. The minimum absolute atomic E-state index is 0.225. The molecular weight excluding hydrogens is 192 g/mol. The monoisotopic (exact) mass is 206 g/mol. The van der Waals surface area contributed by atoms with Gasteiger partial charge in [-0.25, -0.2) is 0 Å². The summed E-state index contributed by atoms with van der Waals surface area (Å²) in [7, 11) is 0.226. The number of hydrogen-bond donors (Lipinski definition) is 2. The summed E-state index contributed by atoms with van der Waals surface area (Å²) in [6.07, 6.45) is 2.71. The van der Waals surface area contributed by atoms with E-state index in [2.05, 4.69) is 10.6 Å². The predicted molar refractivity (Wildman–Crippen MR) is 50.1 cm³/mol. The Morgan fingerprint density at radius 3 is 1.92 bits per heavy atom. The molecule has 1 amide bonds. The molecule has 0 aromatic carbocycles. The van der Waals surface area contributed by atoms with Crippen molar-refractivity contribution in [1.29, 1.82) is 0 Å². The number of hydrogen-bond acceptors (Lipinski definition) is 4. The minimum atomic E-state index is -2.55. The molecule has 0 heterocycles. The number of carbonyl (C=O) groups is 1. The Morgan fingerprint density at radius 1 is 1.23 bits per heavy atom. The third-order valence-corrected chi connectivity index (χ3v) is 2.71. The Balaban J connectivity index is 5.24. The second-order valence-electron chi connectivity index (χ2n) is 2.72. The Hall–Kier alpha value is -1.04.